The van der Waals surface area contributed by atoms with Crippen LogP contribution in [0.4, 0.5) is 27.6 Å². The van der Waals surface area contributed by atoms with E-state index in [2.05, 4.69) is 10.2 Å². The number of aromatic nitrogens is 2. The normalized spacial score (nSPS) is 16.2. The van der Waals surface area contributed by atoms with Crippen molar-refractivity contribution in [2.45, 2.75) is 13.0 Å². The van der Waals surface area contributed by atoms with E-state index in [0.29, 0.717) is 0 Å². The highest BCUT2D eigenvalue weighted by Gasteiger charge is 2.28. The highest BCUT2D eigenvalue weighted by molar-refractivity contribution is 7.86. The molecule has 4 rings (SSSR count). The van der Waals surface area contributed by atoms with Crippen molar-refractivity contribution in [1.29, 1.82) is 0 Å². The van der Waals surface area contributed by atoms with Crippen LogP contribution in [-0.2, 0) is 28.5 Å². The van der Waals surface area contributed by atoms with Gasteiger partial charge in [-0.2, -0.15) is 8.78 Å². The minimum Gasteiger partial charge on any atom is -0.415 e. The topological polar surface area (TPSA) is 79.5 Å². The predicted molar refractivity (Wildman–Crippen MR) is 115 cm³/mol. The van der Waals surface area contributed by atoms with Crippen molar-refractivity contribution in [1.82, 2.24) is 14.5 Å². The Kier molecular flexibility index (Phi) is 7.38. The predicted octanol–water partition coefficient (Wildman–Crippen LogP) is 3.74. The van der Waals surface area contributed by atoms with E-state index in [4.69, 9.17) is 4.42 Å². The number of rotatable bonds is 7. The Morgan fingerprint density at radius 2 is 1.79 bits per heavy atom. The largest absolute Gasteiger partial charge is 0.415 e. The Labute approximate surface area is 195 Å². The van der Waals surface area contributed by atoms with E-state index in [1.807, 2.05) is 0 Å². The lowest BCUT2D eigenvalue weighted by atomic mass is 10.1. The molecule has 1 aromatic heterocycles. The molecule has 182 valence electrons. The van der Waals surface area contributed by atoms with Gasteiger partial charge in [0.1, 0.15) is 17.5 Å². The third-order valence-electron chi connectivity index (χ3n) is 4.96. The summed E-state index contributed by atoms with van der Waals surface area (Å²) >= 11 is -2.05. The molecule has 14 heteroatoms. The molecular weight excluding hydrogens is 503 g/mol. The van der Waals surface area contributed by atoms with Crippen LogP contribution in [0.5, 0.6) is 0 Å². The van der Waals surface area contributed by atoms with Gasteiger partial charge < -0.3 is 4.42 Å². The van der Waals surface area contributed by atoms with Crippen molar-refractivity contribution in [3.8, 4) is 11.5 Å². The average Bonchev–Trinajstić information content (AvgIpc) is 3.31. The average molecular weight is 521 g/mol. The van der Waals surface area contributed by atoms with Crippen LogP contribution >= 0.6 is 0 Å². The monoisotopic (exact) mass is 520 g/mol. The first-order chi connectivity index (χ1) is 16.2. The summed E-state index contributed by atoms with van der Waals surface area (Å²) in [5.74, 6) is -3.19. The molecule has 34 heavy (non-hydrogen) atoms. The second kappa shape index (κ2) is 10.3. The second-order valence-electron chi connectivity index (χ2n) is 7.19. The highest BCUT2D eigenvalue weighted by atomic mass is 32.2. The third-order valence-corrected chi connectivity index (χ3v) is 7.75. The molecule has 0 spiro atoms. The van der Waals surface area contributed by atoms with Crippen LogP contribution < -0.4 is 4.31 Å². The lowest BCUT2D eigenvalue weighted by molar-refractivity contribution is 0.116. The number of hydrogen-bond acceptors (Lipinski definition) is 5. The van der Waals surface area contributed by atoms with E-state index < -0.39 is 58.3 Å². The zero-order valence-corrected chi connectivity index (χ0v) is 18.9. The van der Waals surface area contributed by atoms with Gasteiger partial charge in [0.15, 0.2) is 11.2 Å². The number of nitrogens with zero attached hydrogens (tertiary/aromatic N) is 4. The molecule has 1 unspecified atom stereocenters. The molecule has 0 radical (unpaired) electrons. The maximum absolute atomic E-state index is 14.9. The van der Waals surface area contributed by atoms with Gasteiger partial charge in [-0.15, -0.1) is 10.2 Å². The van der Waals surface area contributed by atoms with Gasteiger partial charge in [-0.25, -0.2) is 21.7 Å². The van der Waals surface area contributed by atoms with Gasteiger partial charge in [-0.05, 0) is 24.3 Å². The van der Waals surface area contributed by atoms with Crippen molar-refractivity contribution >= 4 is 27.7 Å². The molecule has 1 aliphatic rings. The molecule has 0 saturated carbocycles. The van der Waals surface area contributed by atoms with Crippen molar-refractivity contribution in [2.24, 2.45) is 0 Å². The van der Waals surface area contributed by atoms with E-state index in [0.717, 1.165) is 28.6 Å². The fourth-order valence-electron chi connectivity index (χ4n) is 3.22. The summed E-state index contributed by atoms with van der Waals surface area (Å²) in [5, 5.41) is 6.65. The summed E-state index contributed by atoms with van der Waals surface area (Å²) in [7, 11) is -1.06. The standard InChI is InChI=1S/C20H17F5N4O3S2/c21-14-3-4-15(22)17(10-14)29(34(31)28-5-7-33(30)8-6-28)11-13-2-1-12(9-16(13)23)19-26-27-20(32-19)18(24)25/h1-4,9-10,18H,5-8,11H2. The quantitative estimate of drug-likeness (QED) is 0.444. The van der Waals surface area contributed by atoms with Crippen molar-refractivity contribution in [3.63, 3.8) is 0 Å². The number of alkyl halides is 2. The van der Waals surface area contributed by atoms with E-state index >= 15 is 0 Å². The van der Waals surface area contributed by atoms with Crippen LogP contribution in [0.1, 0.15) is 17.9 Å². The minimum atomic E-state index is -2.98. The molecule has 0 amide bonds. The first-order valence-electron chi connectivity index (χ1n) is 9.88. The number of benzene rings is 2. The molecule has 0 N–H and O–H groups in total. The summed E-state index contributed by atoms with van der Waals surface area (Å²) in [5.41, 5.74) is -0.342. The van der Waals surface area contributed by atoms with Crippen LogP contribution in [0.15, 0.2) is 40.8 Å². The molecule has 1 aliphatic heterocycles. The highest BCUT2D eigenvalue weighted by Crippen LogP contribution is 2.29. The Hall–Kier alpha value is -2.71. The molecule has 1 atom stereocenters. The molecule has 1 fully saturated rings. The Bertz CT molecular complexity index is 1230. The summed E-state index contributed by atoms with van der Waals surface area (Å²) < 4.78 is 101. The lowest BCUT2D eigenvalue weighted by Crippen LogP contribution is -2.45. The van der Waals surface area contributed by atoms with Gasteiger partial charge in [0.25, 0.3) is 5.89 Å². The zero-order chi connectivity index (χ0) is 24.4. The number of anilines is 1. The molecule has 0 bridgehead atoms. The fourth-order valence-corrected chi connectivity index (χ4v) is 5.84. The Morgan fingerprint density at radius 3 is 2.44 bits per heavy atom. The SMILES string of the molecule is O=S1CCN(S(=O)N(Cc2ccc(-c3nnc(C(F)F)o3)cc2F)c2cc(F)ccc2F)CC1. The summed E-state index contributed by atoms with van der Waals surface area (Å²) in [4.78, 5) is 0. The third kappa shape index (κ3) is 5.33. The molecule has 3 aromatic rings. The Morgan fingerprint density at radius 1 is 1.06 bits per heavy atom. The maximum atomic E-state index is 14.9. The molecule has 0 aliphatic carbocycles. The maximum Gasteiger partial charge on any atom is 0.314 e. The van der Waals surface area contributed by atoms with Crippen molar-refractivity contribution in [3.05, 3.63) is 65.3 Å². The fraction of sp³-hybridized carbons (Fsp3) is 0.300. The number of hydrogen-bond donors (Lipinski definition) is 0. The first-order valence-corrected chi connectivity index (χ1v) is 12.4. The zero-order valence-electron chi connectivity index (χ0n) is 17.3. The van der Waals surface area contributed by atoms with E-state index in [9.17, 15) is 30.4 Å². The van der Waals surface area contributed by atoms with Crippen LogP contribution in [0.3, 0.4) is 0 Å². The van der Waals surface area contributed by atoms with Gasteiger partial charge in [0, 0.05) is 52.6 Å². The van der Waals surface area contributed by atoms with Gasteiger partial charge in [-0.1, -0.05) is 6.07 Å². The van der Waals surface area contributed by atoms with Crippen molar-refractivity contribution < 1.29 is 34.8 Å². The lowest BCUT2D eigenvalue weighted by Gasteiger charge is -2.32. The van der Waals surface area contributed by atoms with Crippen LogP contribution in [-0.4, -0.2) is 47.5 Å². The smallest absolute Gasteiger partial charge is 0.314 e. The second-order valence-corrected chi connectivity index (χ2v) is 10.3. The number of halogens is 5. The molecule has 7 nitrogen and oxygen atoms in total. The molecule has 2 heterocycles. The van der Waals surface area contributed by atoms with Crippen LogP contribution in [0, 0.1) is 17.5 Å². The van der Waals surface area contributed by atoms with E-state index in [1.54, 1.807) is 0 Å². The minimum absolute atomic E-state index is 0.0313. The van der Waals surface area contributed by atoms with Crippen LogP contribution in [0.25, 0.3) is 11.5 Å². The van der Waals surface area contributed by atoms with E-state index in [-0.39, 0.29) is 47.3 Å². The molecular formula is C20H17F5N4O3S2. The Balaban J connectivity index is 1.65. The molecule has 2 aromatic carbocycles. The van der Waals surface area contributed by atoms with Gasteiger partial charge in [-0.3, -0.25) is 8.51 Å². The summed E-state index contributed by atoms with van der Waals surface area (Å²) in [6.07, 6.45) is -2.98. The molecule has 1 saturated heterocycles. The van der Waals surface area contributed by atoms with Gasteiger partial charge in [0.05, 0.1) is 12.2 Å². The van der Waals surface area contributed by atoms with Crippen LogP contribution in [0.2, 0.25) is 0 Å². The van der Waals surface area contributed by atoms with Gasteiger partial charge in [0.2, 0.25) is 5.89 Å². The summed E-state index contributed by atoms with van der Waals surface area (Å²) in [6, 6.07) is 6.18. The first kappa shape index (κ1) is 24.4. The van der Waals surface area contributed by atoms with E-state index in [1.165, 1.54) is 16.4 Å². The summed E-state index contributed by atoms with van der Waals surface area (Å²) in [6.45, 7) is -0.0276. The van der Waals surface area contributed by atoms with Crippen molar-refractivity contribution in [2.75, 3.05) is 28.9 Å². The van der Waals surface area contributed by atoms with Gasteiger partial charge >= 0.3 is 6.43 Å².